The molecule has 1 aliphatic carbocycles. The lowest BCUT2D eigenvalue weighted by Crippen LogP contribution is -2.35. The van der Waals surface area contributed by atoms with Gasteiger partial charge < -0.3 is 9.64 Å². The first kappa shape index (κ1) is 22.2. The Hall–Kier alpha value is -2.50. The van der Waals surface area contributed by atoms with Crippen molar-refractivity contribution >= 4 is 17.7 Å². The van der Waals surface area contributed by atoms with Crippen molar-refractivity contribution in [3.05, 3.63) is 47.8 Å². The lowest BCUT2D eigenvalue weighted by molar-refractivity contribution is -0.145. The van der Waals surface area contributed by atoms with E-state index in [0.29, 0.717) is 31.7 Å². The van der Waals surface area contributed by atoms with Crippen LogP contribution in [0.1, 0.15) is 56.9 Å². The summed E-state index contributed by atoms with van der Waals surface area (Å²) in [5.41, 5.74) is 0.745. The number of carbonyl (C=O) groups is 3. The van der Waals surface area contributed by atoms with E-state index in [1.54, 1.807) is 23.1 Å². The highest BCUT2D eigenvalue weighted by molar-refractivity contribution is 5.91. The standard InChI is InChI=1S/C24H30FNO4/c25-20-8-5-19(6-9-20)17-22(27)12-10-21-11-13-23(28)26(21)15-16-30-24(29)14-7-18-3-1-2-4-18/h5-6,8-10,12,18,21H,1-4,7,11,13-17H2/t21-/m0/s1. The highest BCUT2D eigenvalue weighted by atomic mass is 19.1. The van der Waals surface area contributed by atoms with Gasteiger partial charge in [-0.05, 0) is 42.5 Å². The molecule has 30 heavy (non-hydrogen) atoms. The highest BCUT2D eigenvalue weighted by Crippen LogP contribution is 2.28. The van der Waals surface area contributed by atoms with Gasteiger partial charge in [0.2, 0.25) is 5.91 Å². The zero-order valence-electron chi connectivity index (χ0n) is 17.4. The van der Waals surface area contributed by atoms with Gasteiger partial charge in [-0.1, -0.05) is 43.9 Å². The molecular weight excluding hydrogens is 385 g/mol. The summed E-state index contributed by atoms with van der Waals surface area (Å²) in [4.78, 5) is 37.9. The minimum absolute atomic E-state index is 0.0117. The van der Waals surface area contributed by atoms with Crippen molar-refractivity contribution in [2.24, 2.45) is 5.92 Å². The van der Waals surface area contributed by atoms with E-state index in [1.165, 1.54) is 43.9 Å². The molecule has 0 radical (unpaired) electrons. The third-order valence-corrected chi connectivity index (χ3v) is 6.00. The van der Waals surface area contributed by atoms with Gasteiger partial charge in [-0.3, -0.25) is 14.4 Å². The average Bonchev–Trinajstić information content (AvgIpc) is 3.37. The largest absolute Gasteiger partial charge is 0.464 e. The summed E-state index contributed by atoms with van der Waals surface area (Å²) in [5, 5.41) is 0. The van der Waals surface area contributed by atoms with E-state index >= 15 is 0 Å². The Balaban J connectivity index is 1.40. The van der Waals surface area contributed by atoms with Crippen LogP contribution in [0.5, 0.6) is 0 Å². The predicted octanol–water partition coefficient (Wildman–Crippen LogP) is 4.00. The summed E-state index contributed by atoms with van der Waals surface area (Å²) in [6, 6.07) is 5.69. The van der Waals surface area contributed by atoms with Crippen LogP contribution in [0.3, 0.4) is 0 Å². The molecule has 3 rings (SSSR count). The minimum atomic E-state index is -0.332. The average molecular weight is 416 g/mol. The molecule has 1 aromatic rings. The minimum Gasteiger partial charge on any atom is -0.464 e. The first-order valence-corrected chi connectivity index (χ1v) is 10.9. The number of likely N-dealkylation sites (tertiary alicyclic amines) is 1. The summed E-state index contributed by atoms with van der Waals surface area (Å²) in [6.07, 6.45) is 10.8. The van der Waals surface area contributed by atoms with E-state index in [4.69, 9.17) is 4.74 Å². The molecule has 1 saturated carbocycles. The Labute approximate surface area is 177 Å². The molecule has 162 valence electrons. The summed E-state index contributed by atoms with van der Waals surface area (Å²) in [6.45, 7) is 0.526. The maximum absolute atomic E-state index is 13.0. The van der Waals surface area contributed by atoms with Crippen LogP contribution < -0.4 is 0 Å². The van der Waals surface area contributed by atoms with Crippen molar-refractivity contribution < 1.29 is 23.5 Å². The number of benzene rings is 1. The number of hydrogen-bond donors (Lipinski definition) is 0. The van der Waals surface area contributed by atoms with Gasteiger partial charge in [-0.2, -0.15) is 0 Å². The molecule has 2 aliphatic rings. The number of nitrogens with zero attached hydrogens (tertiary/aromatic N) is 1. The van der Waals surface area contributed by atoms with E-state index < -0.39 is 0 Å². The van der Waals surface area contributed by atoms with Crippen molar-refractivity contribution in [2.75, 3.05) is 13.2 Å². The molecular formula is C24H30FNO4. The number of ketones is 1. The Bertz CT molecular complexity index is 768. The number of amides is 1. The molecule has 0 aromatic heterocycles. The summed E-state index contributed by atoms with van der Waals surface area (Å²) < 4.78 is 18.3. The van der Waals surface area contributed by atoms with Gasteiger partial charge in [0.15, 0.2) is 5.78 Å². The monoisotopic (exact) mass is 415 g/mol. The fourth-order valence-corrected chi connectivity index (χ4v) is 4.28. The van der Waals surface area contributed by atoms with Gasteiger partial charge in [-0.15, -0.1) is 0 Å². The quantitative estimate of drug-likeness (QED) is 0.428. The molecule has 1 aliphatic heterocycles. The molecule has 1 atom stereocenters. The fourth-order valence-electron chi connectivity index (χ4n) is 4.28. The van der Waals surface area contributed by atoms with Gasteiger partial charge in [-0.25, -0.2) is 4.39 Å². The van der Waals surface area contributed by atoms with Crippen LogP contribution in [0.25, 0.3) is 0 Å². The summed E-state index contributed by atoms with van der Waals surface area (Å²) in [7, 11) is 0. The SMILES string of the molecule is O=C(C=C[C@H]1CCC(=O)N1CCOC(=O)CCC1CCCC1)Cc1ccc(F)cc1. The molecule has 0 N–H and O–H groups in total. The lowest BCUT2D eigenvalue weighted by atomic mass is 10.0. The number of carbonyl (C=O) groups excluding carboxylic acids is 3. The summed E-state index contributed by atoms with van der Waals surface area (Å²) >= 11 is 0. The molecule has 0 unspecified atom stereocenters. The van der Waals surface area contributed by atoms with Crippen LogP contribution in [0.4, 0.5) is 4.39 Å². The van der Waals surface area contributed by atoms with E-state index in [2.05, 4.69) is 0 Å². The van der Waals surface area contributed by atoms with E-state index in [1.807, 2.05) is 0 Å². The molecule has 1 heterocycles. The normalized spacial score (nSPS) is 19.7. The number of ether oxygens (including phenoxy) is 1. The van der Waals surface area contributed by atoms with Crippen LogP contribution in [0, 0.1) is 11.7 Å². The molecule has 1 saturated heterocycles. The van der Waals surface area contributed by atoms with E-state index in [9.17, 15) is 18.8 Å². The van der Waals surface area contributed by atoms with E-state index in [-0.39, 0.29) is 42.5 Å². The Morgan fingerprint density at radius 2 is 1.87 bits per heavy atom. The second-order valence-electron chi connectivity index (χ2n) is 8.23. The van der Waals surface area contributed by atoms with Crippen molar-refractivity contribution in [1.82, 2.24) is 4.90 Å². The molecule has 0 spiro atoms. The molecule has 5 nitrogen and oxygen atoms in total. The zero-order valence-corrected chi connectivity index (χ0v) is 17.4. The van der Waals surface area contributed by atoms with Crippen LogP contribution in [-0.4, -0.2) is 41.8 Å². The van der Waals surface area contributed by atoms with Crippen molar-refractivity contribution in [3.8, 4) is 0 Å². The predicted molar refractivity (Wildman–Crippen MR) is 111 cm³/mol. The van der Waals surface area contributed by atoms with Crippen LogP contribution >= 0.6 is 0 Å². The molecule has 6 heteroatoms. The molecule has 2 fully saturated rings. The topological polar surface area (TPSA) is 63.7 Å². The first-order chi connectivity index (χ1) is 14.5. The number of esters is 1. The highest BCUT2D eigenvalue weighted by Gasteiger charge is 2.29. The first-order valence-electron chi connectivity index (χ1n) is 10.9. The zero-order chi connectivity index (χ0) is 21.3. The van der Waals surface area contributed by atoms with Crippen LogP contribution in [0.2, 0.25) is 0 Å². The van der Waals surface area contributed by atoms with Crippen molar-refractivity contribution in [2.45, 2.75) is 63.8 Å². The number of halogens is 1. The maximum atomic E-state index is 13.0. The third kappa shape index (κ3) is 6.78. The lowest BCUT2D eigenvalue weighted by Gasteiger charge is -2.22. The second-order valence-corrected chi connectivity index (χ2v) is 8.23. The van der Waals surface area contributed by atoms with Gasteiger partial charge in [0.1, 0.15) is 12.4 Å². The van der Waals surface area contributed by atoms with Crippen molar-refractivity contribution in [1.29, 1.82) is 0 Å². The van der Waals surface area contributed by atoms with Gasteiger partial charge in [0, 0.05) is 19.3 Å². The Morgan fingerprint density at radius 1 is 1.13 bits per heavy atom. The third-order valence-electron chi connectivity index (χ3n) is 6.00. The van der Waals surface area contributed by atoms with Crippen molar-refractivity contribution in [3.63, 3.8) is 0 Å². The molecule has 1 aromatic carbocycles. The van der Waals surface area contributed by atoms with E-state index in [0.717, 1.165) is 12.0 Å². The number of hydrogen-bond acceptors (Lipinski definition) is 4. The van der Waals surface area contributed by atoms with Crippen LogP contribution in [-0.2, 0) is 25.5 Å². The second kappa shape index (κ2) is 11.0. The Morgan fingerprint density at radius 3 is 2.60 bits per heavy atom. The number of rotatable bonds is 10. The van der Waals surface area contributed by atoms with Gasteiger partial charge >= 0.3 is 5.97 Å². The molecule has 0 bridgehead atoms. The van der Waals surface area contributed by atoms with Gasteiger partial charge in [0.25, 0.3) is 0 Å². The number of allylic oxidation sites excluding steroid dienone is 1. The Kier molecular flexibility index (Phi) is 8.17. The van der Waals surface area contributed by atoms with Gasteiger partial charge in [0.05, 0.1) is 12.6 Å². The summed E-state index contributed by atoms with van der Waals surface area (Å²) in [5.74, 6) is 0.0350. The van der Waals surface area contributed by atoms with Crippen LogP contribution in [0.15, 0.2) is 36.4 Å². The maximum Gasteiger partial charge on any atom is 0.305 e. The molecule has 1 amide bonds. The fraction of sp³-hybridized carbons (Fsp3) is 0.542. The smallest absolute Gasteiger partial charge is 0.305 e.